The highest BCUT2D eigenvalue weighted by atomic mass is 16.6. The molecule has 0 spiro atoms. The summed E-state index contributed by atoms with van der Waals surface area (Å²) in [6.07, 6.45) is 17.2. The summed E-state index contributed by atoms with van der Waals surface area (Å²) in [4.78, 5) is 137. The van der Waals surface area contributed by atoms with Crippen molar-refractivity contribution in [1.82, 2.24) is 65.1 Å². The van der Waals surface area contributed by atoms with Crippen LogP contribution in [0.3, 0.4) is 0 Å². The third-order valence-electron chi connectivity index (χ3n) is 27.5. The van der Waals surface area contributed by atoms with Crippen molar-refractivity contribution in [2.75, 3.05) is 154 Å². The van der Waals surface area contributed by atoms with E-state index in [1.165, 1.54) is 30.1 Å². The molecule has 6 aliphatic rings. The van der Waals surface area contributed by atoms with Gasteiger partial charge >= 0.3 is 12.1 Å². The number of allylic oxidation sites excluding steroid dienone is 5. The Bertz CT molecular complexity index is 5450. The first-order valence-electron chi connectivity index (χ1n) is 48.5. The Balaban J connectivity index is 0.501. The smallest absolute Gasteiger partial charge is 0.407 e. The van der Waals surface area contributed by atoms with E-state index >= 15 is 0 Å². The number of nitrogens with one attached hydrogen (secondary N) is 2. The van der Waals surface area contributed by atoms with E-state index in [1.807, 2.05) is 109 Å². The number of carbonyl (C=O) groups excluding carboxylic acids is 7. The zero-order chi connectivity index (χ0) is 99.0. The number of amides is 4. The number of esters is 1. The van der Waals surface area contributed by atoms with Crippen LogP contribution in [0, 0.1) is 35.5 Å². The normalized spacial score (nSPS) is 26.8. The van der Waals surface area contributed by atoms with Crippen LogP contribution in [0.1, 0.15) is 165 Å². The van der Waals surface area contributed by atoms with E-state index in [2.05, 4.69) is 57.7 Å². The summed E-state index contributed by atoms with van der Waals surface area (Å²) in [6.45, 7) is 19.6. The first-order chi connectivity index (χ1) is 67.0. The number of ether oxygens (including phenoxy) is 11. The molecular formula is C100H138N18O21. The molecule has 4 fully saturated rings. The molecule has 0 unspecified atom stereocenters. The van der Waals surface area contributed by atoms with Gasteiger partial charge in [0.05, 0.1) is 101 Å². The number of aliphatic hydroxyl groups excluding tert-OH is 1. The van der Waals surface area contributed by atoms with Crippen LogP contribution in [-0.2, 0) is 102 Å². The van der Waals surface area contributed by atoms with E-state index in [0.717, 1.165) is 22.3 Å². The molecule has 10 N–H and O–H groups in total. The summed E-state index contributed by atoms with van der Waals surface area (Å²) in [5.41, 5.74) is 27.1. The lowest BCUT2D eigenvalue weighted by Gasteiger charge is -2.43. The standard InChI is InChI=1S/C100H138N18O21/c1-60-17-13-12-14-18-61(2)79(128-8)51-73-25-20-66(7)100(127,139-73)89(122)94(124)117-31-16-15-19-76(117)95(125)136-81(52-80(129-9)62(3)46-65(6)87(121)88(131-11)86(120)64(5)45-60)63(4)47-67-22-26-78(82(49-67)130-10)138-99(126)108-55-69-53-105-97(106-54-69)114-33-35-115(36-34-114)98-107-56-74(90(101)112-98)93(123)104-30-38-133-40-42-135-44-43-134-41-39-132-37-29-83(119)116-32-28-70-48-68(21-23-72(70)58-116)57-118-92-84(91(102)109-59-110-92)85(113-118)71-24-27-77-75(50-71)111-96(103)137-77/h12-14,17-18,21,23-24,27,46,48,50,53-54,56,59-60,62-64,66-67,73,76,78-82,87-88,121,127H,15-16,19-20,22,25-26,28-45,47,49,51-52,55,57-58H2,1-11H3,(H2,103,111)(H,104,123)(H,108,126)(H2,101,107,112)(H2,102,109,110)/b14-12+,17-13+,61-18+,65-46+/t60-,62-,63-,64-,66-,67+,73+,76+,78-,79+,80-,81+,82-,87-,88+,100-/m1/s1. The van der Waals surface area contributed by atoms with Crippen molar-refractivity contribution in [2.45, 2.75) is 219 Å². The molecule has 2 bridgehead atoms. The van der Waals surface area contributed by atoms with E-state index in [9.17, 15) is 43.8 Å². The van der Waals surface area contributed by atoms with Crippen molar-refractivity contribution < 1.29 is 100 Å². The number of piperazine rings is 1. The average Bonchev–Trinajstić information content (AvgIpc) is 1.60. The number of ketones is 2. The van der Waals surface area contributed by atoms with Crippen LogP contribution < -0.4 is 37.6 Å². The van der Waals surface area contributed by atoms with Crippen molar-refractivity contribution >= 4 is 93.0 Å². The van der Waals surface area contributed by atoms with Gasteiger partial charge in [0.15, 0.2) is 17.0 Å². The third kappa shape index (κ3) is 27.5. The van der Waals surface area contributed by atoms with Gasteiger partial charge in [-0.15, -0.1) is 0 Å². The maximum atomic E-state index is 15.0. The fourth-order valence-corrected chi connectivity index (χ4v) is 19.4. The van der Waals surface area contributed by atoms with Crippen LogP contribution in [0.5, 0.6) is 0 Å². The molecule has 0 radical (unpaired) electrons. The Kier molecular flexibility index (Phi) is 37.9. The van der Waals surface area contributed by atoms with E-state index in [4.69, 9.17) is 78.8 Å². The Morgan fingerprint density at radius 2 is 1.40 bits per heavy atom. The summed E-state index contributed by atoms with van der Waals surface area (Å²) in [7, 11) is 6.13. The minimum absolute atomic E-state index is 0.000989. The number of benzene rings is 2. The average molecular weight is 1930 g/mol. The van der Waals surface area contributed by atoms with Crippen molar-refractivity contribution in [2.24, 2.45) is 35.5 Å². The number of nitrogens with two attached hydrogens (primary N) is 3. The van der Waals surface area contributed by atoms with Crippen molar-refractivity contribution in [3.8, 4) is 11.3 Å². The highest BCUT2D eigenvalue weighted by molar-refractivity contribution is 6.39. The van der Waals surface area contributed by atoms with Crippen molar-refractivity contribution in [3.63, 3.8) is 0 Å². The molecule has 139 heavy (non-hydrogen) atoms. The van der Waals surface area contributed by atoms with E-state index in [-0.39, 0.29) is 99.0 Å². The summed E-state index contributed by atoms with van der Waals surface area (Å²) in [6, 6.07) is 10.7. The number of hydrogen-bond donors (Lipinski definition) is 7. The fourth-order valence-electron chi connectivity index (χ4n) is 19.4. The maximum absolute atomic E-state index is 15.0. The SMILES string of the molecule is CO[C@H]1C[C@@H]2CC[C@@H](C)[C@@](O)(O2)C(=O)C(=O)N2CCCC[C@H]2C(=O)O[C@H]([C@H](C)C[C@@H]2CC[C@@H](OC(=O)NCc3cnc(N4CCN(c5ncc(C(=O)NCCOCCOCCOCCOCCC(=O)N6CCc7cc(Cn8nc(-c9ccc%10oc(N)nc%10c9)c9c(N)ncnc98)ccc7C6)c(N)n5)CC4)nc3)[C@H](OC)C2)C[C@@H](OC)[C@H](C)/C=C(\C)[C@@H](O)[C@@H](OC)C(=O)[C@H](C)C[C@H](C)/C=C/C=C/C=C/1C. The number of piperidine rings is 1. The number of methoxy groups -OCH3 is 4. The molecule has 39 nitrogen and oxygen atoms in total. The molecule has 1 saturated carbocycles. The molecule has 2 aromatic carbocycles. The van der Waals surface area contributed by atoms with Gasteiger partial charge in [-0.2, -0.15) is 15.1 Å². The van der Waals surface area contributed by atoms with Crippen molar-refractivity contribution in [1.29, 1.82) is 0 Å². The zero-order valence-electron chi connectivity index (χ0n) is 81.7. The second kappa shape index (κ2) is 50.2. The quantitative estimate of drug-likeness (QED) is 0.00921. The lowest BCUT2D eigenvalue weighted by atomic mass is 9.78. The second-order valence-corrected chi connectivity index (χ2v) is 37.4. The highest BCUT2D eigenvalue weighted by Crippen LogP contribution is 2.41. The number of aliphatic hydroxyl groups is 2. The number of oxazole rings is 1. The van der Waals surface area contributed by atoms with E-state index in [0.29, 0.717) is 213 Å². The minimum atomic E-state index is -2.47. The number of anilines is 5. The first kappa shape index (κ1) is 105. The number of aromatic nitrogens is 9. The summed E-state index contributed by atoms with van der Waals surface area (Å²) in [5.74, 6) is -6.69. The van der Waals surface area contributed by atoms with Gasteiger partial charge < -0.3 is 114 Å². The molecule has 39 heteroatoms. The topological polar surface area (TPSA) is 498 Å². The number of fused-ring (bicyclic) bond motifs is 6. The van der Waals surface area contributed by atoms with Crippen LogP contribution in [0.2, 0.25) is 0 Å². The molecular weight excluding hydrogens is 1790 g/mol. The predicted octanol–water partition coefficient (Wildman–Crippen LogP) is 8.98. The monoisotopic (exact) mass is 1930 g/mol. The van der Waals surface area contributed by atoms with Gasteiger partial charge in [-0.3, -0.25) is 24.0 Å². The number of nitrogens with zero attached hydrogens (tertiary/aromatic N) is 13. The third-order valence-corrected chi connectivity index (χ3v) is 27.5. The van der Waals surface area contributed by atoms with E-state index < -0.39 is 108 Å². The molecule has 754 valence electrons. The maximum Gasteiger partial charge on any atom is 0.407 e. The molecule has 13 rings (SSSR count). The molecule has 7 aromatic rings. The fraction of sp³-hybridized carbons (Fsp3) is 0.590. The van der Waals surface area contributed by atoms with Gasteiger partial charge in [0.1, 0.15) is 59.6 Å². The van der Waals surface area contributed by atoms with Gasteiger partial charge in [-0.05, 0) is 148 Å². The zero-order valence-corrected chi connectivity index (χ0v) is 81.7. The lowest BCUT2D eigenvalue weighted by molar-refractivity contribution is -0.265. The van der Waals surface area contributed by atoms with Crippen LogP contribution in [0.4, 0.5) is 34.3 Å². The predicted molar refractivity (Wildman–Crippen MR) is 517 cm³/mol. The minimum Gasteiger partial charge on any atom is -0.460 e. The number of alkyl carbamates (subject to hydrolysis) is 1. The van der Waals surface area contributed by atoms with Gasteiger partial charge in [-0.1, -0.05) is 89.3 Å². The van der Waals surface area contributed by atoms with Crippen LogP contribution in [-0.4, -0.2) is 294 Å². The Labute approximate surface area is 810 Å². The molecule has 4 amide bonds. The Morgan fingerprint density at radius 1 is 0.676 bits per heavy atom. The number of Topliss-reactive ketones (excluding diaryl/α,β-unsaturated/α-hetero) is 2. The largest absolute Gasteiger partial charge is 0.460 e. The van der Waals surface area contributed by atoms with Crippen LogP contribution >= 0.6 is 0 Å². The van der Waals surface area contributed by atoms with Gasteiger partial charge in [0.2, 0.25) is 23.6 Å². The summed E-state index contributed by atoms with van der Waals surface area (Å²) >= 11 is 0. The summed E-state index contributed by atoms with van der Waals surface area (Å²) in [5, 5.41) is 35.3. The second-order valence-electron chi connectivity index (χ2n) is 37.4. The lowest BCUT2D eigenvalue weighted by Crippen LogP contribution is -2.61. The number of cyclic esters (lactones) is 1. The van der Waals surface area contributed by atoms with Crippen molar-refractivity contribution in [3.05, 3.63) is 137 Å². The molecule has 3 saturated heterocycles. The van der Waals surface area contributed by atoms with Gasteiger partial charge in [0, 0.05) is 148 Å². The molecule has 16 atom stereocenters. The van der Waals surface area contributed by atoms with E-state index in [1.54, 1.807) is 53.6 Å². The highest BCUT2D eigenvalue weighted by Gasteiger charge is 2.54. The van der Waals surface area contributed by atoms with Crippen LogP contribution in [0.25, 0.3) is 33.4 Å². The Hall–Kier alpha value is -11.4. The Morgan fingerprint density at radius 3 is 2.12 bits per heavy atom. The summed E-state index contributed by atoms with van der Waals surface area (Å²) < 4.78 is 72.8. The first-order valence-corrected chi connectivity index (χ1v) is 48.5. The molecule has 10 heterocycles. The number of nitrogen functional groups attached to an aromatic ring is 3. The number of rotatable bonds is 31. The van der Waals surface area contributed by atoms with Crippen LogP contribution in [0.15, 0.2) is 113 Å². The molecule has 1 aliphatic carbocycles. The number of hydrogen-bond acceptors (Lipinski definition) is 34. The molecule has 5 aromatic heterocycles. The van der Waals surface area contributed by atoms with Gasteiger partial charge in [-0.25, -0.2) is 39.2 Å². The molecule has 5 aliphatic heterocycles. The van der Waals surface area contributed by atoms with Gasteiger partial charge in [0.25, 0.3) is 23.6 Å². The number of carbonyl (C=O) groups is 7.